The summed E-state index contributed by atoms with van der Waals surface area (Å²) in [5.74, 6) is -0.865. The van der Waals surface area contributed by atoms with E-state index >= 15 is 0 Å². The molecular formula is C21H20F2N2O4. The number of rotatable bonds is 5. The number of benzene rings is 1. The Labute approximate surface area is 166 Å². The lowest BCUT2D eigenvalue weighted by molar-refractivity contribution is -0.122. The number of aromatic nitrogens is 1. The van der Waals surface area contributed by atoms with E-state index in [1.807, 2.05) is 0 Å². The number of hydrogen-bond acceptors (Lipinski definition) is 5. The van der Waals surface area contributed by atoms with Crippen molar-refractivity contribution in [3.8, 4) is 11.6 Å². The van der Waals surface area contributed by atoms with E-state index in [1.54, 1.807) is 12.1 Å². The van der Waals surface area contributed by atoms with Crippen LogP contribution in [-0.4, -0.2) is 34.8 Å². The van der Waals surface area contributed by atoms with Gasteiger partial charge < -0.3 is 19.5 Å². The van der Waals surface area contributed by atoms with Crippen LogP contribution in [0.15, 0.2) is 24.4 Å². The van der Waals surface area contributed by atoms with E-state index in [1.165, 1.54) is 11.1 Å². The Morgan fingerprint density at radius 2 is 1.97 bits per heavy atom. The molecular weight excluding hydrogens is 382 g/mol. The second-order valence-electron chi connectivity index (χ2n) is 7.67. The molecule has 0 spiro atoms. The molecule has 1 aromatic carbocycles. The Kier molecular flexibility index (Phi) is 4.38. The number of ether oxygens (including phenoxy) is 2. The second-order valence-corrected chi connectivity index (χ2v) is 7.67. The van der Waals surface area contributed by atoms with Crippen molar-refractivity contribution in [2.45, 2.75) is 50.4 Å². The highest BCUT2D eigenvalue weighted by molar-refractivity contribution is 5.99. The fourth-order valence-corrected chi connectivity index (χ4v) is 3.92. The van der Waals surface area contributed by atoms with Gasteiger partial charge in [-0.25, -0.2) is 13.8 Å². The molecule has 0 radical (unpaired) electrons. The molecule has 1 N–H and O–H groups in total. The highest BCUT2D eigenvalue weighted by atomic mass is 19.1. The topological polar surface area (TPSA) is 71.9 Å². The number of halogens is 2. The average Bonchev–Trinajstić information content (AvgIpc) is 3.33. The van der Waals surface area contributed by atoms with Gasteiger partial charge in [-0.3, -0.25) is 4.79 Å². The molecule has 2 aromatic rings. The number of nitrogens with zero attached hydrogens (tertiary/aromatic N) is 2. The molecule has 1 amide bonds. The minimum absolute atomic E-state index is 0.0346. The molecule has 5 rings (SSSR count). The summed E-state index contributed by atoms with van der Waals surface area (Å²) < 4.78 is 40.6. The summed E-state index contributed by atoms with van der Waals surface area (Å²) in [6.45, 7) is 0.199. The Morgan fingerprint density at radius 3 is 2.69 bits per heavy atom. The van der Waals surface area contributed by atoms with Gasteiger partial charge in [-0.15, -0.1) is 0 Å². The summed E-state index contributed by atoms with van der Waals surface area (Å²) in [5.41, 5.74) is 0.00926. The third kappa shape index (κ3) is 3.31. The molecule has 1 unspecified atom stereocenters. The SMILES string of the molecule is O=C1[C@H](Oc2ccc(OC3CC3)nc2)CCN1c1cc(F)c2c(c1F)C(O)CC2. The van der Waals surface area contributed by atoms with Crippen molar-refractivity contribution < 1.29 is 28.2 Å². The minimum atomic E-state index is -1.05. The Morgan fingerprint density at radius 1 is 1.14 bits per heavy atom. The maximum absolute atomic E-state index is 15.0. The monoisotopic (exact) mass is 402 g/mol. The molecule has 1 aromatic heterocycles. The molecule has 152 valence electrons. The van der Waals surface area contributed by atoms with Crippen LogP contribution in [-0.2, 0) is 11.2 Å². The molecule has 2 heterocycles. The van der Waals surface area contributed by atoms with Gasteiger partial charge in [-0.05, 0) is 37.3 Å². The van der Waals surface area contributed by atoms with Crippen LogP contribution >= 0.6 is 0 Å². The first-order chi connectivity index (χ1) is 14.0. The quantitative estimate of drug-likeness (QED) is 0.832. The first-order valence-electron chi connectivity index (χ1n) is 9.81. The maximum atomic E-state index is 15.0. The highest BCUT2D eigenvalue weighted by Gasteiger charge is 2.38. The summed E-state index contributed by atoms with van der Waals surface area (Å²) in [7, 11) is 0. The fourth-order valence-electron chi connectivity index (χ4n) is 3.92. The number of carbonyl (C=O) groups excluding carboxylic acids is 1. The molecule has 2 aliphatic carbocycles. The predicted octanol–water partition coefficient (Wildman–Crippen LogP) is 3.06. The molecule has 0 bridgehead atoms. The lowest BCUT2D eigenvalue weighted by atomic mass is 10.1. The molecule has 6 nitrogen and oxygen atoms in total. The number of hydrogen-bond donors (Lipinski definition) is 1. The smallest absolute Gasteiger partial charge is 0.268 e. The van der Waals surface area contributed by atoms with Crippen LogP contribution < -0.4 is 14.4 Å². The fraction of sp³-hybridized carbons (Fsp3) is 0.429. The van der Waals surface area contributed by atoms with E-state index in [2.05, 4.69) is 4.98 Å². The Balaban J connectivity index is 1.32. The van der Waals surface area contributed by atoms with Gasteiger partial charge in [0.25, 0.3) is 5.91 Å². The van der Waals surface area contributed by atoms with Gasteiger partial charge in [-0.2, -0.15) is 0 Å². The van der Waals surface area contributed by atoms with Crippen molar-refractivity contribution in [1.82, 2.24) is 4.98 Å². The van der Waals surface area contributed by atoms with Crippen LogP contribution in [0, 0.1) is 11.6 Å². The van der Waals surface area contributed by atoms with E-state index in [-0.39, 0.29) is 42.3 Å². The number of pyridine rings is 1. The van der Waals surface area contributed by atoms with Crippen molar-refractivity contribution in [3.63, 3.8) is 0 Å². The number of anilines is 1. The van der Waals surface area contributed by atoms with Crippen molar-refractivity contribution in [1.29, 1.82) is 0 Å². The first kappa shape index (κ1) is 18.3. The predicted molar refractivity (Wildman–Crippen MR) is 98.9 cm³/mol. The summed E-state index contributed by atoms with van der Waals surface area (Å²) >= 11 is 0. The van der Waals surface area contributed by atoms with Crippen LogP contribution in [0.4, 0.5) is 14.5 Å². The van der Waals surface area contributed by atoms with Crippen molar-refractivity contribution in [3.05, 3.63) is 47.2 Å². The highest BCUT2D eigenvalue weighted by Crippen LogP contribution is 2.40. The lowest BCUT2D eigenvalue weighted by Gasteiger charge is -2.20. The first-order valence-corrected chi connectivity index (χ1v) is 9.81. The lowest BCUT2D eigenvalue weighted by Crippen LogP contribution is -2.33. The van der Waals surface area contributed by atoms with E-state index in [0.717, 1.165) is 18.9 Å². The van der Waals surface area contributed by atoms with Gasteiger partial charge in [0.1, 0.15) is 17.7 Å². The Hall–Kier alpha value is -2.74. The number of aliphatic hydroxyl groups excluding tert-OH is 1. The number of aliphatic hydroxyl groups is 1. The van der Waals surface area contributed by atoms with Gasteiger partial charge in [0.15, 0.2) is 11.9 Å². The average molecular weight is 402 g/mol. The van der Waals surface area contributed by atoms with Crippen LogP contribution in [0.5, 0.6) is 11.6 Å². The zero-order valence-corrected chi connectivity index (χ0v) is 15.6. The van der Waals surface area contributed by atoms with E-state index in [0.29, 0.717) is 18.1 Å². The van der Waals surface area contributed by atoms with Crippen LogP contribution in [0.1, 0.15) is 42.9 Å². The zero-order chi connectivity index (χ0) is 20.1. The summed E-state index contributed by atoms with van der Waals surface area (Å²) in [5, 5.41) is 10.00. The second kappa shape index (κ2) is 6.95. The number of fused-ring (bicyclic) bond motifs is 1. The third-order valence-electron chi connectivity index (χ3n) is 5.59. The molecule has 1 aliphatic heterocycles. The van der Waals surface area contributed by atoms with E-state index < -0.39 is 29.7 Å². The van der Waals surface area contributed by atoms with Gasteiger partial charge in [-0.1, -0.05) is 0 Å². The van der Waals surface area contributed by atoms with Crippen molar-refractivity contribution >= 4 is 11.6 Å². The van der Waals surface area contributed by atoms with Crippen LogP contribution in [0.3, 0.4) is 0 Å². The summed E-state index contributed by atoms with van der Waals surface area (Å²) in [4.78, 5) is 18.1. The number of carbonyl (C=O) groups is 1. The van der Waals surface area contributed by atoms with Gasteiger partial charge in [0.2, 0.25) is 5.88 Å². The van der Waals surface area contributed by atoms with E-state index in [9.17, 15) is 18.7 Å². The molecule has 3 aliphatic rings. The minimum Gasteiger partial charge on any atom is -0.479 e. The molecule has 8 heteroatoms. The van der Waals surface area contributed by atoms with E-state index in [4.69, 9.17) is 9.47 Å². The third-order valence-corrected chi connectivity index (χ3v) is 5.59. The van der Waals surface area contributed by atoms with Crippen LogP contribution in [0.2, 0.25) is 0 Å². The molecule has 2 atom stereocenters. The van der Waals surface area contributed by atoms with Gasteiger partial charge in [0, 0.05) is 30.7 Å². The zero-order valence-electron chi connectivity index (χ0n) is 15.6. The van der Waals surface area contributed by atoms with Crippen molar-refractivity contribution in [2.24, 2.45) is 0 Å². The normalized spacial score (nSPS) is 23.4. The standard InChI is InChI=1S/C21H20F2N2O4/c22-14-9-15(20(23)19-13(14)4-5-16(19)26)25-8-7-17(21(25)27)28-12-3-6-18(24-10-12)29-11-1-2-11/h3,6,9-11,16-17,26H,1-2,4-5,7-8H2/t16?,17-/m1/s1. The Bertz CT molecular complexity index is 962. The molecule has 1 saturated carbocycles. The number of amides is 1. The summed E-state index contributed by atoms with van der Waals surface area (Å²) in [6.07, 6.45) is 2.82. The molecule has 2 fully saturated rings. The van der Waals surface area contributed by atoms with Crippen molar-refractivity contribution in [2.75, 3.05) is 11.4 Å². The largest absolute Gasteiger partial charge is 0.479 e. The van der Waals surface area contributed by atoms with Crippen LogP contribution in [0.25, 0.3) is 0 Å². The maximum Gasteiger partial charge on any atom is 0.268 e. The molecule has 29 heavy (non-hydrogen) atoms. The van der Waals surface area contributed by atoms with Gasteiger partial charge >= 0.3 is 0 Å². The van der Waals surface area contributed by atoms with Gasteiger partial charge in [0.05, 0.1) is 18.0 Å². The summed E-state index contributed by atoms with van der Waals surface area (Å²) in [6, 6.07) is 4.40. The molecule has 1 saturated heterocycles.